The van der Waals surface area contributed by atoms with Crippen LogP contribution in [0.4, 0.5) is 17.2 Å². The highest BCUT2D eigenvalue weighted by Gasteiger charge is 2.12. The third-order valence-corrected chi connectivity index (χ3v) is 4.89. The zero-order valence-electron chi connectivity index (χ0n) is 12.5. The van der Waals surface area contributed by atoms with Gasteiger partial charge in [0.2, 0.25) is 0 Å². The maximum Gasteiger partial charge on any atom is 0.301 e. The molecule has 1 heterocycles. The molecule has 0 bridgehead atoms. The van der Waals surface area contributed by atoms with Gasteiger partial charge < -0.3 is 5.32 Å². The number of nitrogens with zero attached hydrogens (tertiary/aromatic N) is 2. The highest BCUT2D eigenvalue weighted by molar-refractivity contribution is 9.10. The second-order valence-electron chi connectivity index (χ2n) is 4.91. The molecule has 0 fully saturated rings. The Morgan fingerprint density at radius 1 is 1.18 bits per heavy atom. The van der Waals surface area contributed by atoms with E-state index in [2.05, 4.69) is 31.0 Å². The van der Waals surface area contributed by atoms with E-state index in [-0.39, 0.29) is 0 Å². The summed E-state index contributed by atoms with van der Waals surface area (Å²) < 4.78 is 28.0. The van der Waals surface area contributed by atoms with Gasteiger partial charge in [0.25, 0.3) is 0 Å². The van der Waals surface area contributed by atoms with Crippen LogP contribution in [0.3, 0.4) is 0 Å². The normalized spacial score (nSPS) is 11.5. The Hall–Kier alpha value is -1.64. The number of aromatic nitrogens is 1. The van der Waals surface area contributed by atoms with Crippen LogP contribution in [0.1, 0.15) is 5.56 Å². The molecule has 0 aliphatic heterocycles. The Labute approximate surface area is 138 Å². The largest absolute Gasteiger partial charge is 0.340 e. The lowest BCUT2D eigenvalue weighted by Crippen LogP contribution is -2.28. The van der Waals surface area contributed by atoms with Crippen LogP contribution < -0.4 is 10.0 Å². The first-order valence-corrected chi connectivity index (χ1v) is 8.71. The number of benzene rings is 1. The van der Waals surface area contributed by atoms with Gasteiger partial charge in [0.15, 0.2) is 0 Å². The maximum atomic E-state index is 11.7. The van der Waals surface area contributed by atoms with Crippen LogP contribution >= 0.6 is 15.9 Å². The summed E-state index contributed by atoms with van der Waals surface area (Å²) in [4.78, 5) is 4.21. The third-order valence-electron chi connectivity index (χ3n) is 2.94. The Morgan fingerprint density at radius 3 is 2.45 bits per heavy atom. The van der Waals surface area contributed by atoms with Crippen LogP contribution in [-0.2, 0) is 10.2 Å². The fourth-order valence-corrected chi connectivity index (χ4v) is 2.75. The third kappa shape index (κ3) is 4.19. The molecule has 0 spiro atoms. The molecule has 1 aromatic carbocycles. The second kappa shape index (κ2) is 6.64. The Morgan fingerprint density at radius 2 is 1.91 bits per heavy atom. The Kier molecular flexibility index (Phi) is 5.05. The number of hydrogen-bond acceptors (Lipinski definition) is 4. The maximum absolute atomic E-state index is 11.7. The molecule has 0 saturated heterocycles. The Bertz CT molecular complexity index is 761. The van der Waals surface area contributed by atoms with Crippen molar-refractivity contribution in [2.24, 2.45) is 0 Å². The second-order valence-corrected chi connectivity index (χ2v) is 7.71. The molecule has 8 heteroatoms. The first-order chi connectivity index (χ1) is 10.3. The van der Waals surface area contributed by atoms with Crippen molar-refractivity contribution >= 4 is 43.3 Å². The van der Waals surface area contributed by atoms with Crippen LogP contribution in [0.5, 0.6) is 0 Å². The molecular formula is C14H17BrN4O2S. The summed E-state index contributed by atoms with van der Waals surface area (Å²) in [7, 11) is -0.596. The standard InChI is InChI=1S/C14H17BrN4O2S/c1-10-8-11(15)4-6-13(10)17-14-7-5-12(9-16-14)18-22(20,21)19(2)3/h4-9,18H,1-3H3,(H,16,17). The fourth-order valence-electron chi connectivity index (χ4n) is 1.67. The van der Waals surface area contributed by atoms with Gasteiger partial charge in [-0.3, -0.25) is 4.72 Å². The number of hydrogen-bond donors (Lipinski definition) is 2. The van der Waals surface area contributed by atoms with E-state index < -0.39 is 10.2 Å². The lowest BCUT2D eigenvalue weighted by atomic mass is 10.2. The highest BCUT2D eigenvalue weighted by atomic mass is 79.9. The van der Waals surface area contributed by atoms with Crippen molar-refractivity contribution in [2.75, 3.05) is 24.1 Å². The minimum absolute atomic E-state index is 0.409. The molecule has 1 aromatic heterocycles. The zero-order valence-corrected chi connectivity index (χ0v) is 14.9. The zero-order chi connectivity index (χ0) is 16.3. The molecule has 0 radical (unpaired) electrons. The van der Waals surface area contributed by atoms with Gasteiger partial charge in [0, 0.05) is 24.3 Å². The summed E-state index contributed by atoms with van der Waals surface area (Å²) in [5, 5.41) is 3.19. The molecule has 22 heavy (non-hydrogen) atoms. The smallest absolute Gasteiger partial charge is 0.301 e. The van der Waals surface area contributed by atoms with Crippen molar-refractivity contribution in [3.63, 3.8) is 0 Å². The van der Waals surface area contributed by atoms with Crippen molar-refractivity contribution in [2.45, 2.75) is 6.92 Å². The van der Waals surface area contributed by atoms with E-state index in [1.807, 2.05) is 25.1 Å². The lowest BCUT2D eigenvalue weighted by molar-refractivity contribution is 0.527. The van der Waals surface area contributed by atoms with Gasteiger partial charge in [-0.05, 0) is 42.8 Å². The molecule has 0 unspecified atom stereocenters. The van der Waals surface area contributed by atoms with Gasteiger partial charge in [-0.1, -0.05) is 15.9 Å². The first kappa shape index (κ1) is 16.7. The number of aryl methyl sites for hydroxylation is 1. The average Bonchev–Trinajstić information content (AvgIpc) is 2.43. The summed E-state index contributed by atoms with van der Waals surface area (Å²) in [5.41, 5.74) is 2.43. The summed E-state index contributed by atoms with van der Waals surface area (Å²) in [6.07, 6.45) is 1.47. The van der Waals surface area contributed by atoms with E-state index in [1.165, 1.54) is 20.3 Å². The fraction of sp³-hybridized carbons (Fsp3) is 0.214. The first-order valence-electron chi connectivity index (χ1n) is 6.47. The SMILES string of the molecule is Cc1cc(Br)ccc1Nc1ccc(NS(=O)(=O)N(C)C)cn1. The molecule has 6 nitrogen and oxygen atoms in total. The van der Waals surface area contributed by atoms with Gasteiger partial charge in [-0.25, -0.2) is 4.98 Å². The molecule has 0 amide bonds. The summed E-state index contributed by atoms with van der Waals surface area (Å²) >= 11 is 3.42. The topological polar surface area (TPSA) is 74.3 Å². The Balaban J connectivity index is 2.12. The van der Waals surface area contributed by atoms with Crippen molar-refractivity contribution in [3.8, 4) is 0 Å². The summed E-state index contributed by atoms with van der Waals surface area (Å²) in [5.74, 6) is 0.637. The van der Waals surface area contributed by atoms with Crippen LogP contribution in [0, 0.1) is 6.92 Å². The van der Waals surface area contributed by atoms with Crippen LogP contribution in [0.2, 0.25) is 0 Å². The minimum Gasteiger partial charge on any atom is -0.340 e. The predicted octanol–water partition coefficient (Wildman–Crippen LogP) is 3.11. The van der Waals surface area contributed by atoms with E-state index >= 15 is 0 Å². The molecule has 0 aliphatic carbocycles. The lowest BCUT2D eigenvalue weighted by Gasteiger charge is -2.14. The minimum atomic E-state index is -3.52. The molecule has 2 rings (SSSR count). The van der Waals surface area contributed by atoms with Gasteiger partial charge in [0.1, 0.15) is 5.82 Å². The predicted molar refractivity (Wildman–Crippen MR) is 92.6 cm³/mol. The number of rotatable bonds is 5. The van der Waals surface area contributed by atoms with Gasteiger partial charge >= 0.3 is 10.2 Å². The van der Waals surface area contributed by atoms with Crippen molar-refractivity contribution in [1.82, 2.24) is 9.29 Å². The summed E-state index contributed by atoms with van der Waals surface area (Å²) in [6.45, 7) is 1.99. The molecular weight excluding hydrogens is 368 g/mol. The van der Waals surface area contributed by atoms with Crippen molar-refractivity contribution < 1.29 is 8.42 Å². The van der Waals surface area contributed by atoms with E-state index in [9.17, 15) is 8.42 Å². The van der Waals surface area contributed by atoms with E-state index in [4.69, 9.17) is 0 Å². The van der Waals surface area contributed by atoms with Crippen LogP contribution in [0.15, 0.2) is 41.0 Å². The van der Waals surface area contributed by atoms with E-state index in [0.717, 1.165) is 20.0 Å². The number of pyridine rings is 1. The molecule has 2 N–H and O–H groups in total. The molecule has 0 aliphatic rings. The highest BCUT2D eigenvalue weighted by Crippen LogP contribution is 2.23. The molecule has 0 atom stereocenters. The van der Waals surface area contributed by atoms with E-state index in [0.29, 0.717) is 11.5 Å². The number of nitrogens with one attached hydrogen (secondary N) is 2. The quantitative estimate of drug-likeness (QED) is 0.830. The van der Waals surface area contributed by atoms with Gasteiger partial charge in [-0.2, -0.15) is 12.7 Å². The number of anilines is 3. The van der Waals surface area contributed by atoms with Crippen molar-refractivity contribution in [1.29, 1.82) is 0 Å². The molecule has 118 valence electrons. The molecule has 0 saturated carbocycles. The van der Waals surface area contributed by atoms with Crippen LogP contribution in [0.25, 0.3) is 0 Å². The molecule has 2 aromatic rings. The van der Waals surface area contributed by atoms with Gasteiger partial charge in [-0.15, -0.1) is 0 Å². The van der Waals surface area contributed by atoms with E-state index in [1.54, 1.807) is 12.1 Å². The number of halogens is 1. The average molecular weight is 385 g/mol. The van der Waals surface area contributed by atoms with Crippen LogP contribution in [-0.4, -0.2) is 31.8 Å². The monoisotopic (exact) mass is 384 g/mol. The summed E-state index contributed by atoms with van der Waals surface area (Å²) in [6, 6.07) is 9.26. The van der Waals surface area contributed by atoms with Gasteiger partial charge in [0.05, 0.1) is 11.9 Å². The van der Waals surface area contributed by atoms with Crippen molar-refractivity contribution in [3.05, 3.63) is 46.6 Å².